The standard InChI is InChI=1S/C12H14N2O/c1-9-5-4-6-11(7-9)15-12-13-10(2)8-14(12)3/h4-8H,1-3H3. The highest BCUT2D eigenvalue weighted by Crippen LogP contribution is 2.20. The van der Waals surface area contributed by atoms with Crippen molar-refractivity contribution in [3.8, 4) is 11.8 Å². The third-order valence-corrected chi connectivity index (χ3v) is 2.15. The number of rotatable bonds is 2. The van der Waals surface area contributed by atoms with Gasteiger partial charge in [-0.3, -0.25) is 0 Å². The molecule has 0 unspecified atom stereocenters. The number of hydrogen-bond acceptors (Lipinski definition) is 2. The van der Waals surface area contributed by atoms with Gasteiger partial charge in [0.15, 0.2) is 0 Å². The van der Waals surface area contributed by atoms with Crippen LogP contribution in [-0.2, 0) is 7.05 Å². The van der Waals surface area contributed by atoms with Crippen molar-refractivity contribution in [2.45, 2.75) is 13.8 Å². The topological polar surface area (TPSA) is 27.1 Å². The number of ether oxygens (including phenoxy) is 1. The van der Waals surface area contributed by atoms with Crippen LogP contribution < -0.4 is 4.74 Å². The van der Waals surface area contributed by atoms with E-state index in [4.69, 9.17) is 4.74 Å². The van der Waals surface area contributed by atoms with Crippen LogP contribution in [0.15, 0.2) is 30.5 Å². The Kier molecular flexibility index (Phi) is 2.46. The molecule has 0 N–H and O–H groups in total. The second kappa shape index (κ2) is 3.77. The Bertz CT molecular complexity index is 474. The van der Waals surface area contributed by atoms with Crippen LogP contribution in [0.5, 0.6) is 11.8 Å². The molecule has 3 heteroatoms. The Morgan fingerprint density at radius 2 is 2.07 bits per heavy atom. The molecule has 0 aliphatic heterocycles. The molecule has 1 heterocycles. The molecule has 0 bridgehead atoms. The summed E-state index contributed by atoms with van der Waals surface area (Å²) in [6, 6.07) is 8.55. The van der Waals surface area contributed by atoms with Crippen molar-refractivity contribution in [3.05, 3.63) is 41.7 Å². The highest BCUT2D eigenvalue weighted by atomic mass is 16.5. The van der Waals surface area contributed by atoms with E-state index in [9.17, 15) is 0 Å². The minimum absolute atomic E-state index is 0.623. The molecule has 2 rings (SSSR count). The first kappa shape index (κ1) is 9.77. The van der Waals surface area contributed by atoms with Gasteiger partial charge >= 0.3 is 6.01 Å². The van der Waals surface area contributed by atoms with Crippen molar-refractivity contribution in [3.63, 3.8) is 0 Å². The summed E-state index contributed by atoms with van der Waals surface area (Å²) in [4.78, 5) is 4.28. The maximum atomic E-state index is 5.66. The fraction of sp³-hybridized carbons (Fsp3) is 0.250. The SMILES string of the molecule is Cc1cccc(Oc2nc(C)cn2C)c1. The summed E-state index contributed by atoms with van der Waals surface area (Å²) in [5.74, 6) is 0.823. The summed E-state index contributed by atoms with van der Waals surface area (Å²) < 4.78 is 7.54. The second-order valence-corrected chi connectivity index (χ2v) is 3.69. The van der Waals surface area contributed by atoms with Gasteiger partial charge in [-0.1, -0.05) is 12.1 Å². The molecule has 0 fully saturated rings. The zero-order valence-electron chi connectivity index (χ0n) is 9.19. The van der Waals surface area contributed by atoms with Crippen LogP contribution in [-0.4, -0.2) is 9.55 Å². The van der Waals surface area contributed by atoms with Crippen molar-refractivity contribution in [1.29, 1.82) is 0 Å². The van der Waals surface area contributed by atoms with E-state index in [1.165, 1.54) is 5.56 Å². The van der Waals surface area contributed by atoms with Crippen molar-refractivity contribution >= 4 is 0 Å². The van der Waals surface area contributed by atoms with E-state index in [2.05, 4.69) is 4.98 Å². The molecule has 0 saturated carbocycles. The van der Waals surface area contributed by atoms with Gasteiger partial charge in [-0.15, -0.1) is 0 Å². The maximum Gasteiger partial charge on any atom is 0.301 e. The zero-order valence-corrected chi connectivity index (χ0v) is 9.19. The molecular formula is C12H14N2O. The molecule has 0 aliphatic rings. The Morgan fingerprint density at radius 3 is 2.67 bits per heavy atom. The van der Waals surface area contributed by atoms with Gasteiger partial charge < -0.3 is 9.30 Å². The molecular weight excluding hydrogens is 188 g/mol. The first-order valence-corrected chi connectivity index (χ1v) is 4.89. The highest BCUT2D eigenvalue weighted by molar-refractivity contribution is 5.29. The molecule has 0 aliphatic carbocycles. The van der Waals surface area contributed by atoms with Gasteiger partial charge in [0.25, 0.3) is 0 Å². The third kappa shape index (κ3) is 2.18. The lowest BCUT2D eigenvalue weighted by molar-refractivity contribution is 0.424. The average molecular weight is 202 g/mol. The first-order chi connectivity index (χ1) is 7.15. The average Bonchev–Trinajstić information content (AvgIpc) is 2.45. The monoisotopic (exact) mass is 202 g/mol. The molecule has 1 aromatic carbocycles. The lowest BCUT2D eigenvalue weighted by Gasteiger charge is -2.04. The molecule has 0 amide bonds. The number of aromatic nitrogens is 2. The number of hydrogen-bond donors (Lipinski definition) is 0. The van der Waals surface area contributed by atoms with Crippen molar-refractivity contribution in [2.24, 2.45) is 7.05 Å². The summed E-state index contributed by atoms with van der Waals surface area (Å²) in [5, 5.41) is 0. The smallest absolute Gasteiger partial charge is 0.301 e. The molecule has 15 heavy (non-hydrogen) atoms. The van der Waals surface area contributed by atoms with Gasteiger partial charge in [-0.25, -0.2) is 4.98 Å². The summed E-state index contributed by atoms with van der Waals surface area (Å²) in [5.41, 5.74) is 2.14. The molecule has 2 aromatic rings. The van der Waals surface area contributed by atoms with Gasteiger partial charge in [0.1, 0.15) is 5.75 Å². The molecule has 0 atom stereocenters. The zero-order chi connectivity index (χ0) is 10.8. The van der Waals surface area contributed by atoms with E-state index in [1.807, 2.05) is 55.9 Å². The largest absolute Gasteiger partial charge is 0.426 e. The predicted octanol–water partition coefficient (Wildman–Crippen LogP) is 2.83. The van der Waals surface area contributed by atoms with Crippen LogP contribution in [0.3, 0.4) is 0 Å². The van der Waals surface area contributed by atoms with Crippen LogP contribution in [0.4, 0.5) is 0 Å². The van der Waals surface area contributed by atoms with Crippen LogP contribution in [0.25, 0.3) is 0 Å². The minimum atomic E-state index is 0.623. The van der Waals surface area contributed by atoms with E-state index in [1.54, 1.807) is 0 Å². The molecule has 0 saturated heterocycles. The number of nitrogens with zero attached hydrogens (tertiary/aromatic N) is 2. The highest BCUT2D eigenvalue weighted by Gasteiger charge is 2.04. The Labute approximate surface area is 89.3 Å². The molecule has 3 nitrogen and oxygen atoms in total. The Hall–Kier alpha value is -1.77. The number of imidazole rings is 1. The molecule has 0 radical (unpaired) electrons. The van der Waals surface area contributed by atoms with Gasteiger partial charge in [-0.05, 0) is 31.5 Å². The fourth-order valence-electron chi connectivity index (χ4n) is 1.47. The third-order valence-electron chi connectivity index (χ3n) is 2.15. The summed E-state index contributed by atoms with van der Waals surface area (Å²) in [6.07, 6.45) is 1.94. The number of benzene rings is 1. The van der Waals surface area contributed by atoms with Crippen LogP contribution in [0, 0.1) is 13.8 Å². The maximum absolute atomic E-state index is 5.66. The lowest BCUT2D eigenvalue weighted by atomic mass is 10.2. The molecule has 0 spiro atoms. The van der Waals surface area contributed by atoms with Crippen LogP contribution >= 0.6 is 0 Å². The lowest BCUT2D eigenvalue weighted by Crippen LogP contribution is -1.93. The van der Waals surface area contributed by atoms with Gasteiger partial charge in [0.05, 0.1) is 5.69 Å². The fourth-order valence-corrected chi connectivity index (χ4v) is 1.47. The van der Waals surface area contributed by atoms with E-state index in [0.717, 1.165) is 11.4 Å². The summed E-state index contributed by atoms with van der Waals surface area (Å²) in [7, 11) is 1.92. The second-order valence-electron chi connectivity index (χ2n) is 3.69. The Balaban J connectivity index is 2.25. The molecule has 1 aromatic heterocycles. The summed E-state index contributed by atoms with van der Waals surface area (Å²) in [6.45, 7) is 3.99. The summed E-state index contributed by atoms with van der Waals surface area (Å²) >= 11 is 0. The predicted molar refractivity (Wildman–Crippen MR) is 59.2 cm³/mol. The van der Waals surface area contributed by atoms with E-state index >= 15 is 0 Å². The minimum Gasteiger partial charge on any atom is -0.426 e. The van der Waals surface area contributed by atoms with Crippen molar-refractivity contribution in [1.82, 2.24) is 9.55 Å². The van der Waals surface area contributed by atoms with Crippen LogP contribution in [0.2, 0.25) is 0 Å². The number of aryl methyl sites for hydroxylation is 3. The van der Waals surface area contributed by atoms with E-state index in [0.29, 0.717) is 6.01 Å². The Morgan fingerprint density at radius 1 is 1.27 bits per heavy atom. The quantitative estimate of drug-likeness (QED) is 0.748. The molecule has 78 valence electrons. The van der Waals surface area contributed by atoms with Crippen LogP contribution in [0.1, 0.15) is 11.3 Å². The normalized spacial score (nSPS) is 10.3. The van der Waals surface area contributed by atoms with Crippen molar-refractivity contribution in [2.75, 3.05) is 0 Å². The van der Waals surface area contributed by atoms with Gasteiger partial charge in [0, 0.05) is 13.2 Å². The van der Waals surface area contributed by atoms with Gasteiger partial charge in [0.2, 0.25) is 0 Å². The van der Waals surface area contributed by atoms with E-state index < -0.39 is 0 Å². The van der Waals surface area contributed by atoms with Crippen molar-refractivity contribution < 1.29 is 4.74 Å². The van der Waals surface area contributed by atoms with Gasteiger partial charge in [-0.2, -0.15) is 0 Å². The first-order valence-electron chi connectivity index (χ1n) is 4.89. The van der Waals surface area contributed by atoms with E-state index in [-0.39, 0.29) is 0 Å².